The van der Waals surface area contributed by atoms with Crippen molar-refractivity contribution in [3.8, 4) is 11.5 Å². The largest absolute Gasteiger partial charge is 0.493 e. The molecule has 0 radical (unpaired) electrons. The van der Waals surface area contributed by atoms with Crippen molar-refractivity contribution in [3.05, 3.63) is 44.6 Å². The standard InChI is InChI=1S/C13H13BrO3S/c1-16-11-5-9(10(14)6-12(11)17-2)13(15)8-3-4-18-7-8/h3-7,13,15H,1-2H3. The van der Waals surface area contributed by atoms with Crippen LogP contribution in [0.1, 0.15) is 17.2 Å². The van der Waals surface area contributed by atoms with Crippen LogP contribution in [0.4, 0.5) is 0 Å². The van der Waals surface area contributed by atoms with E-state index in [0.29, 0.717) is 11.5 Å². The van der Waals surface area contributed by atoms with E-state index in [0.717, 1.165) is 15.6 Å². The number of benzene rings is 1. The van der Waals surface area contributed by atoms with Crippen LogP contribution in [0.15, 0.2) is 33.4 Å². The van der Waals surface area contributed by atoms with Crippen molar-refractivity contribution in [2.24, 2.45) is 0 Å². The monoisotopic (exact) mass is 328 g/mol. The molecule has 1 atom stereocenters. The molecular formula is C13H13BrO3S. The molecule has 1 aromatic heterocycles. The number of hydrogen-bond acceptors (Lipinski definition) is 4. The summed E-state index contributed by atoms with van der Waals surface area (Å²) in [4.78, 5) is 0. The van der Waals surface area contributed by atoms with Gasteiger partial charge in [0.2, 0.25) is 0 Å². The lowest BCUT2D eigenvalue weighted by Gasteiger charge is -2.15. The van der Waals surface area contributed by atoms with Crippen LogP contribution < -0.4 is 9.47 Å². The van der Waals surface area contributed by atoms with Crippen molar-refractivity contribution in [1.29, 1.82) is 0 Å². The number of halogens is 1. The molecule has 0 saturated carbocycles. The van der Waals surface area contributed by atoms with E-state index in [9.17, 15) is 5.11 Å². The molecule has 0 spiro atoms. The van der Waals surface area contributed by atoms with Gasteiger partial charge >= 0.3 is 0 Å². The molecule has 0 amide bonds. The van der Waals surface area contributed by atoms with Gasteiger partial charge < -0.3 is 14.6 Å². The smallest absolute Gasteiger partial charge is 0.161 e. The van der Waals surface area contributed by atoms with E-state index in [1.54, 1.807) is 37.7 Å². The molecule has 2 rings (SSSR count). The summed E-state index contributed by atoms with van der Waals surface area (Å²) in [5.74, 6) is 1.23. The molecule has 1 unspecified atom stereocenters. The van der Waals surface area contributed by atoms with Crippen LogP contribution in [0.25, 0.3) is 0 Å². The first-order chi connectivity index (χ1) is 8.67. The Morgan fingerprint density at radius 3 is 2.44 bits per heavy atom. The molecule has 3 nitrogen and oxygen atoms in total. The van der Waals surface area contributed by atoms with E-state index >= 15 is 0 Å². The zero-order valence-corrected chi connectivity index (χ0v) is 12.4. The maximum atomic E-state index is 10.3. The van der Waals surface area contributed by atoms with Crippen molar-refractivity contribution in [3.63, 3.8) is 0 Å². The Balaban J connectivity index is 2.45. The lowest BCUT2D eigenvalue weighted by Crippen LogP contribution is -2.01. The second-order valence-corrected chi connectivity index (χ2v) is 5.32. The van der Waals surface area contributed by atoms with E-state index in [2.05, 4.69) is 15.9 Å². The van der Waals surface area contributed by atoms with Crippen LogP contribution in [0.5, 0.6) is 11.5 Å². The highest BCUT2D eigenvalue weighted by Gasteiger charge is 2.17. The van der Waals surface area contributed by atoms with Crippen LogP contribution >= 0.6 is 27.3 Å². The molecule has 1 N–H and O–H groups in total. The Morgan fingerprint density at radius 2 is 1.89 bits per heavy atom. The highest BCUT2D eigenvalue weighted by Crippen LogP contribution is 2.38. The average molecular weight is 329 g/mol. The molecule has 96 valence electrons. The van der Waals surface area contributed by atoms with Crippen molar-refractivity contribution < 1.29 is 14.6 Å². The lowest BCUT2D eigenvalue weighted by molar-refractivity contribution is 0.219. The average Bonchev–Trinajstić information content (AvgIpc) is 2.91. The molecule has 0 saturated heterocycles. The van der Waals surface area contributed by atoms with Gasteiger partial charge in [0.25, 0.3) is 0 Å². The second-order valence-electron chi connectivity index (χ2n) is 3.69. The third-order valence-electron chi connectivity index (χ3n) is 2.66. The maximum Gasteiger partial charge on any atom is 0.161 e. The van der Waals surface area contributed by atoms with E-state index < -0.39 is 6.10 Å². The molecule has 0 aliphatic rings. The molecule has 0 fully saturated rings. The second kappa shape index (κ2) is 5.73. The van der Waals surface area contributed by atoms with Crippen molar-refractivity contribution >= 4 is 27.3 Å². The molecular weight excluding hydrogens is 316 g/mol. The van der Waals surface area contributed by atoms with Crippen LogP contribution in [-0.2, 0) is 0 Å². The van der Waals surface area contributed by atoms with Gasteiger partial charge in [-0.05, 0) is 34.5 Å². The predicted octanol–water partition coefficient (Wildman–Crippen LogP) is 3.61. The molecule has 0 aliphatic carbocycles. The van der Waals surface area contributed by atoms with E-state index in [1.807, 2.05) is 16.8 Å². The van der Waals surface area contributed by atoms with Gasteiger partial charge in [-0.25, -0.2) is 0 Å². The fourth-order valence-corrected chi connectivity index (χ4v) is 2.91. The van der Waals surface area contributed by atoms with Crippen LogP contribution in [0.2, 0.25) is 0 Å². The Morgan fingerprint density at radius 1 is 1.22 bits per heavy atom. The van der Waals surface area contributed by atoms with Gasteiger partial charge in [0.05, 0.1) is 14.2 Å². The number of thiophene rings is 1. The highest BCUT2D eigenvalue weighted by molar-refractivity contribution is 9.10. The Kier molecular flexibility index (Phi) is 4.27. The summed E-state index contributed by atoms with van der Waals surface area (Å²) < 4.78 is 11.2. The number of aliphatic hydroxyl groups is 1. The highest BCUT2D eigenvalue weighted by atomic mass is 79.9. The van der Waals surface area contributed by atoms with Crippen LogP contribution in [-0.4, -0.2) is 19.3 Å². The summed E-state index contributed by atoms with van der Waals surface area (Å²) in [7, 11) is 3.16. The van der Waals surface area contributed by atoms with E-state index in [1.165, 1.54) is 0 Å². The van der Waals surface area contributed by atoms with Gasteiger partial charge in [0.15, 0.2) is 11.5 Å². The van der Waals surface area contributed by atoms with Gasteiger partial charge in [0, 0.05) is 10.0 Å². The van der Waals surface area contributed by atoms with Crippen molar-refractivity contribution in [2.45, 2.75) is 6.10 Å². The van der Waals surface area contributed by atoms with Crippen LogP contribution in [0.3, 0.4) is 0 Å². The Labute approximate surface area is 118 Å². The Hall–Kier alpha value is -1.04. The quantitative estimate of drug-likeness (QED) is 0.931. The minimum Gasteiger partial charge on any atom is -0.493 e. The molecule has 1 aromatic carbocycles. The third kappa shape index (κ3) is 2.53. The summed E-state index contributed by atoms with van der Waals surface area (Å²) in [6.45, 7) is 0. The first-order valence-corrected chi connectivity index (χ1v) is 7.02. The zero-order valence-electron chi connectivity index (χ0n) is 10.0. The fourth-order valence-electron chi connectivity index (χ4n) is 1.69. The topological polar surface area (TPSA) is 38.7 Å². The molecule has 1 heterocycles. The summed E-state index contributed by atoms with van der Waals surface area (Å²) >= 11 is 5.00. The molecule has 5 heteroatoms. The minimum atomic E-state index is -0.676. The summed E-state index contributed by atoms with van der Waals surface area (Å²) in [6.07, 6.45) is -0.676. The first-order valence-electron chi connectivity index (χ1n) is 5.29. The van der Waals surface area contributed by atoms with Crippen molar-refractivity contribution in [1.82, 2.24) is 0 Å². The van der Waals surface area contributed by atoms with E-state index in [-0.39, 0.29) is 0 Å². The normalized spacial score (nSPS) is 12.2. The number of methoxy groups -OCH3 is 2. The lowest BCUT2D eigenvalue weighted by atomic mass is 10.0. The third-order valence-corrected chi connectivity index (χ3v) is 4.04. The molecule has 0 aliphatic heterocycles. The van der Waals surface area contributed by atoms with E-state index in [4.69, 9.17) is 9.47 Å². The molecule has 18 heavy (non-hydrogen) atoms. The van der Waals surface area contributed by atoms with Gasteiger partial charge in [-0.1, -0.05) is 15.9 Å². The summed E-state index contributed by atoms with van der Waals surface area (Å²) in [5.41, 5.74) is 1.62. The van der Waals surface area contributed by atoms with Gasteiger partial charge in [-0.15, -0.1) is 0 Å². The Bertz CT molecular complexity index is 525. The maximum absolute atomic E-state index is 10.3. The summed E-state index contributed by atoms with van der Waals surface area (Å²) in [5, 5.41) is 14.2. The fraction of sp³-hybridized carbons (Fsp3) is 0.231. The molecule has 2 aromatic rings. The number of hydrogen-bond donors (Lipinski definition) is 1. The predicted molar refractivity (Wildman–Crippen MR) is 75.6 cm³/mol. The van der Waals surface area contributed by atoms with Crippen molar-refractivity contribution in [2.75, 3.05) is 14.2 Å². The first kappa shape index (κ1) is 13.4. The zero-order chi connectivity index (χ0) is 13.1. The number of aliphatic hydroxyl groups excluding tert-OH is 1. The van der Waals surface area contributed by atoms with Crippen LogP contribution in [0, 0.1) is 0 Å². The minimum absolute atomic E-state index is 0.602. The SMILES string of the molecule is COc1cc(Br)c(C(O)c2ccsc2)cc1OC. The number of ether oxygens (including phenoxy) is 2. The summed E-state index contributed by atoms with van der Waals surface area (Å²) in [6, 6.07) is 5.48. The molecule has 0 bridgehead atoms. The van der Waals surface area contributed by atoms with Gasteiger partial charge in [-0.2, -0.15) is 11.3 Å². The van der Waals surface area contributed by atoms with Gasteiger partial charge in [0.1, 0.15) is 6.10 Å². The number of rotatable bonds is 4. The van der Waals surface area contributed by atoms with Gasteiger partial charge in [-0.3, -0.25) is 0 Å².